The van der Waals surface area contributed by atoms with E-state index in [-0.39, 0.29) is 5.56 Å². The number of hydrogen-bond donors (Lipinski definition) is 1. The average Bonchev–Trinajstić information content (AvgIpc) is 3.08. The molecule has 3 aromatic rings. The number of aromatic nitrogens is 3. The van der Waals surface area contributed by atoms with E-state index < -0.39 is 5.97 Å². The van der Waals surface area contributed by atoms with E-state index in [1.165, 1.54) is 5.56 Å². The fourth-order valence-electron chi connectivity index (χ4n) is 2.53. The summed E-state index contributed by atoms with van der Waals surface area (Å²) < 4.78 is 2.74. The summed E-state index contributed by atoms with van der Waals surface area (Å²) in [5, 5.41) is 23.1. The van der Waals surface area contributed by atoms with Gasteiger partial charge in [0.1, 0.15) is 0 Å². The van der Waals surface area contributed by atoms with Gasteiger partial charge in [0.2, 0.25) is 5.16 Å². The van der Waals surface area contributed by atoms with Crippen molar-refractivity contribution < 1.29 is 9.90 Å². The van der Waals surface area contributed by atoms with Gasteiger partial charge < -0.3 is 5.11 Å². The normalized spacial score (nSPS) is 11.2. The lowest BCUT2D eigenvalue weighted by atomic mass is 10.1. The van der Waals surface area contributed by atoms with E-state index in [4.69, 9.17) is 0 Å². The number of hydrogen-bond acceptors (Lipinski definition) is 5. The van der Waals surface area contributed by atoms with Gasteiger partial charge >= 0.3 is 5.97 Å². The molecule has 0 aliphatic rings. The van der Waals surface area contributed by atoms with Crippen LogP contribution < -0.4 is 0 Å². The van der Waals surface area contributed by atoms with E-state index in [2.05, 4.69) is 50.3 Å². The second-order valence-corrected chi connectivity index (χ2v) is 7.87. The van der Waals surface area contributed by atoms with Gasteiger partial charge in [0.25, 0.3) is 0 Å². The maximum absolute atomic E-state index is 11.4. The van der Waals surface area contributed by atoms with Crippen molar-refractivity contribution in [1.82, 2.24) is 14.9 Å². The van der Waals surface area contributed by atoms with Gasteiger partial charge in [-0.05, 0) is 30.2 Å². The second-order valence-electron chi connectivity index (χ2n) is 6.01. The Bertz CT molecular complexity index is 986. The fraction of sp³-hybridized carbons (Fsp3) is 0.200. The van der Waals surface area contributed by atoms with Crippen molar-refractivity contribution in [3.05, 3.63) is 75.5 Å². The van der Waals surface area contributed by atoms with Crippen molar-refractivity contribution in [3.63, 3.8) is 0 Å². The molecule has 0 fully saturated rings. The smallest absolute Gasteiger partial charge is 0.336 e. The van der Waals surface area contributed by atoms with E-state index in [1.54, 1.807) is 46.9 Å². The molecule has 0 amide bonds. The van der Waals surface area contributed by atoms with Crippen molar-refractivity contribution in [2.24, 2.45) is 5.10 Å². The summed E-state index contributed by atoms with van der Waals surface area (Å²) >= 11 is 4.98. The summed E-state index contributed by atoms with van der Waals surface area (Å²) in [4.78, 5) is 11.4. The minimum absolute atomic E-state index is 0.209. The number of aryl methyl sites for hydroxylation is 1. The number of carboxylic acids is 1. The quantitative estimate of drug-likeness (QED) is 0.384. The van der Waals surface area contributed by atoms with E-state index in [0.717, 1.165) is 28.9 Å². The average molecular weight is 459 g/mol. The Labute approximate surface area is 175 Å². The van der Waals surface area contributed by atoms with Gasteiger partial charge in [-0.2, -0.15) is 9.78 Å². The summed E-state index contributed by atoms with van der Waals surface area (Å²) in [6, 6.07) is 14.9. The number of thioether (sulfide) groups is 1. The zero-order valence-corrected chi connectivity index (χ0v) is 17.7. The number of rotatable bonds is 8. The molecule has 1 heterocycles. The van der Waals surface area contributed by atoms with Crippen LogP contribution in [0.2, 0.25) is 0 Å². The lowest BCUT2D eigenvalue weighted by molar-refractivity contribution is 0.0696. The molecule has 2 aromatic carbocycles. The van der Waals surface area contributed by atoms with Gasteiger partial charge in [0.05, 0.1) is 11.8 Å². The first-order valence-corrected chi connectivity index (χ1v) is 10.5. The molecule has 0 radical (unpaired) electrons. The van der Waals surface area contributed by atoms with Crippen LogP contribution in [0.1, 0.15) is 40.7 Å². The first-order chi connectivity index (χ1) is 13.6. The van der Waals surface area contributed by atoms with Gasteiger partial charge in [-0.3, -0.25) is 0 Å². The molecule has 0 bridgehead atoms. The third-order valence-corrected chi connectivity index (χ3v) is 5.45. The van der Waals surface area contributed by atoms with Crippen LogP contribution in [0.5, 0.6) is 0 Å². The van der Waals surface area contributed by atoms with Gasteiger partial charge in [0, 0.05) is 22.2 Å². The summed E-state index contributed by atoms with van der Waals surface area (Å²) in [6.07, 6.45) is 3.20. The van der Waals surface area contributed by atoms with Crippen LogP contribution in [0.3, 0.4) is 0 Å². The summed E-state index contributed by atoms with van der Waals surface area (Å²) in [5.74, 6) is 0.507. The Morgan fingerprint density at radius 3 is 2.68 bits per heavy atom. The van der Waals surface area contributed by atoms with Crippen LogP contribution in [0.15, 0.2) is 63.3 Å². The molecule has 0 aliphatic carbocycles. The molecule has 0 aliphatic heterocycles. The highest BCUT2D eigenvalue weighted by Crippen LogP contribution is 2.23. The first-order valence-electron chi connectivity index (χ1n) is 8.76. The fourth-order valence-corrected chi connectivity index (χ4v) is 3.66. The number of aromatic carboxylic acids is 1. The number of halogens is 1. The predicted octanol–water partition coefficient (Wildman–Crippen LogP) is 4.87. The maximum Gasteiger partial charge on any atom is 0.336 e. The topological polar surface area (TPSA) is 80.4 Å². The van der Waals surface area contributed by atoms with Crippen molar-refractivity contribution in [2.45, 2.75) is 30.7 Å². The lowest BCUT2D eigenvalue weighted by Gasteiger charge is -2.05. The molecule has 8 heteroatoms. The van der Waals surface area contributed by atoms with Crippen molar-refractivity contribution in [3.8, 4) is 0 Å². The largest absolute Gasteiger partial charge is 0.478 e. The Morgan fingerprint density at radius 1 is 1.21 bits per heavy atom. The number of carbonyl (C=O) groups is 1. The molecule has 0 atom stereocenters. The van der Waals surface area contributed by atoms with Gasteiger partial charge in [-0.15, -0.1) is 10.2 Å². The molecule has 6 nitrogen and oxygen atoms in total. The van der Waals surface area contributed by atoms with Crippen LogP contribution in [0, 0.1) is 0 Å². The Hall–Kier alpha value is -2.45. The maximum atomic E-state index is 11.4. The van der Waals surface area contributed by atoms with Gasteiger partial charge in [0.15, 0.2) is 5.82 Å². The molecule has 0 spiro atoms. The minimum atomic E-state index is -0.982. The molecule has 3 rings (SSSR count). The Balaban J connectivity index is 1.85. The standard InChI is InChI=1S/C20H19BrN4O2S/c1-2-5-18-23-24-20(28-13-14-8-10-16(21)11-9-14)25(18)22-12-15-6-3-4-7-17(15)19(26)27/h3-4,6-12H,2,5,13H2,1H3,(H,26,27)/b22-12+. The molecular formula is C20H19BrN4O2S. The minimum Gasteiger partial charge on any atom is -0.478 e. The van der Waals surface area contributed by atoms with Crippen molar-refractivity contribution in [2.75, 3.05) is 0 Å². The highest BCUT2D eigenvalue weighted by Gasteiger charge is 2.13. The SMILES string of the molecule is CCCc1nnc(SCc2ccc(Br)cc2)n1/N=C/c1ccccc1C(=O)O. The van der Waals surface area contributed by atoms with Crippen LogP contribution in [0.25, 0.3) is 0 Å². The molecular weight excluding hydrogens is 440 g/mol. The molecule has 0 saturated carbocycles. The van der Waals surface area contributed by atoms with E-state index in [9.17, 15) is 9.90 Å². The van der Waals surface area contributed by atoms with Crippen LogP contribution in [-0.4, -0.2) is 32.2 Å². The van der Waals surface area contributed by atoms with Crippen LogP contribution >= 0.6 is 27.7 Å². The van der Waals surface area contributed by atoms with E-state index >= 15 is 0 Å². The second kappa shape index (κ2) is 9.66. The third kappa shape index (κ3) is 5.08. The van der Waals surface area contributed by atoms with E-state index in [1.807, 2.05) is 12.1 Å². The molecule has 28 heavy (non-hydrogen) atoms. The summed E-state index contributed by atoms with van der Waals surface area (Å²) in [5.41, 5.74) is 1.91. The highest BCUT2D eigenvalue weighted by molar-refractivity contribution is 9.10. The highest BCUT2D eigenvalue weighted by atomic mass is 79.9. The molecule has 1 N–H and O–H groups in total. The molecule has 144 valence electrons. The monoisotopic (exact) mass is 458 g/mol. The molecule has 0 saturated heterocycles. The zero-order chi connectivity index (χ0) is 19.9. The Kier molecular flexibility index (Phi) is 7.00. The summed E-state index contributed by atoms with van der Waals surface area (Å²) in [7, 11) is 0. The van der Waals surface area contributed by atoms with Crippen molar-refractivity contribution >= 4 is 39.9 Å². The first kappa shape index (κ1) is 20.3. The number of benzene rings is 2. The van der Waals surface area contributed by atoms with Crippen molar-refractivity contribution in [1.29, 1.82) is 0 Å². The van der Waals surface area contributed by atoms with Crippen LogP contribution in [0.4, 0.5) is 0 Å². The Morgan fingerprint density at radius 2 is 1.96 bits per heavy atom. The number of nitrogens with zero attached hydrogens (tertiary/aromatic N) is 4. The zero-order valence-electron chi connectivity index (χ0n) is 15.2. The molecule has 0 unspecified atom stereocenters. The third-order valence-electron chi connectivity index (χ3n) is 3.93. The molecule has 1 aromatic heterocycles. The number of carboxylic acid groups (broad SMARTS) is 1. The predicted molar refractivity (Wildman–Crippen MR) is 114 cm³/mol. The van der Waals surface area contributed by atoms with E-state index in [0.29, 0.717) is 10.7 Å². The van der Waals surface area contributed by atoms with Gasteiger partial charge in [-0.1, -0.05) is 64.9 Å². The lowest BCUT2D eigenvalue weighted by Crippen LogP contribution is -2.04. The summed E-state index contributed by atoms with van der Waals surface area (Å²) in [6.45, 7) is 2.07. The van der Waals surface area contributed by atoms with Crippen LogP contribution in [-0.2, 0) is 12.2 Å². The van der Waals surface area contributed by atoms with Gasteiger partial charge in [-0.25, -0.2) is 4.79 Å².